The monoisotopic (exact) mass is 500 g/mol. The molecule has 180 valence electrons. The predicted octanol–water partition coefficient (Wildman–Crippen LogP) is 3.68. The van der Waals surface area contributed by atoms with Gasteiger partial charge in [0.15, 0.2) is 4.80 Å². The van der Waals surface area contributed by atoms with E-state index in [9.17, 15) is 19.7 Å². The van der Waals surface area contributed by atoms with Crippen LogP contribution in [0.5, 0.6) is 0 Å². The molecule has 2 aromatic heterocycles. The smallest absolute Gasteiger partial charge is 0.271 e. The Bertz CT molecular complexity index is 1700. The van der Waals surface area contributed by atoms with Gasteiger partial charge in [-0.2, -0.15) is 0 Å². The molecule has 0 spiro atoms. The Kier molecular flexibility index (Phi) is 5.95. The number of carbonyl (C=O) groups excluding carboxylic acids is 1. The molecule has 5 rings (SSSR count). The molecule has 1 N–H and O–H groups in total. The highest BCUT2D eigenvalue weighted by Gasteiger charge is 2.34. The average Bonchev–Trinajstić information content (AvgIpc) is 3.42. The van der Waals surface area contributed by atoms with Gasteiger partial charge in [0, 0.05) is 17.8 Å². The van der Waals surface area contributed by atoms with Crippen LogP contribution in [-0.2, 0) is 4.79 Å². The van der Waals surface area contributed by atoms with E-state index in [0.717, 1.165) is 0 Å². The van der Waals surface area contributed by atoms with E-state index in [1.165, 1.54) is 28.0 Å². The summed E-state index contributed by atoms with van der Waals surface area (Å²) in [6.45, 7) is 3.53. The largest absolute Gasteiger partial charge is 0.464 e. The first kappa shape index (κ1) is 23.2. The molecule has 2 aromatic carbocycles. The van der Waals surface area contributed by atoms with Crippen molar-refractivity contribution < 1.29 is 14.1 Å². The van der Waals surface area contributed by atoms with Crippen LogP contribution >= 0.6 is 11.3 Å². The van der Waals surface area contributed by atoms with Crippen LogP contribution in [0.1, 0.15) is 30.0 Å². The molecule has 0 saturated heterocycles. The predicted molar refractivity (Wildman–Crippen MR) is 135 cm³/mol. The number of anilines is 1. The second-order valence-corrected chi connectivity index (χ2v) is 9.21. The lowest BCUT2D eigenvalue weighted by atomic mass is 10.00. The number of nitro groups is 1. The minimum atomic E-state index is -0.808. The molecule has 9 nitrogen and oxygen atoms in total. The maximum absolute atomic E-state index is 13.6. The van der Waals surface area contributed by atoms with Crippen LogP contribution in [0.25, 0.3) is 6.08 Å². The van der Waals surface area contributed by atoms with Crippen LogP contribution in [0.2, 0.25) is 0 Å². The number of nitro benzene ring substituents is 1. The number of thiazole rings is 1. The third-order valence-electron chi connectivity index (χ3n) is 5.73. The van der Waals surface area contributed by atoms with E-state index in [-0.39, 0.29) is 17.2 Å². The van der Waals surface area contributed by atoms with Crippen molar-refractivity contribution in [2.24, 2.45) is 4.99 Å². The number of non-ortho nitro benzene ring substituents is 1. The van der Waals surface area contributed by atoms with E-state index in [1.54, 1.807) is 56.3 Å². The Morgan fingerprint density at radius 2 is 1.83 bits per heavy atom. The molecule has 1 aliphatic heterocycles. The number of benzene rings is 2. The van der Waals surface area contributed by atoms with Crippen LogP contribution in [-0.4, -0.2) is 15.4 Å². The highest BCUT2D eigenvalue weighted by Crippen LogP contribution is 2.31. The molecule has 36 heavy (non-hydrogen) atoms. The van der Waals surface area contributed by atoms with Gasteiger partial charge in [0.1, 0.15) is 17.6 Å². The Labute approximate surface area is 208 Å². The Morgan fingerprint density at radius 3 is 2.47 bits per heavy atom. The number of nitrogens with zero attached hydrogens (tertiary/aromatic N) is 3. The summed E-state index contributed by atoms with van der Waals surface area (Å²) in [5.74, 6) is 0.713. The number of furan rings is 1. The molecule has 0 fully saturated rings. The fourth-order valence-electron chi connectivity index (χ4n) is 4.04. The topological polar surface area (TPSA) is 120 Å². The van der Waals surface area contributed by atoms with Crippen LogP contribution in [0, 0.1) is 17.0 Å². The fraction of sp³-hybridized carbons (Fsp3) is 0.115. The number of aryl methyl sites for hydroxylation is 1. The Balaban J connectivity index is 1.63. The number of hydrogen-bond donors (Lipinski definition) is 1. The lowest BCUT2D eigenvalue weighted by Gasteiger charge is -2.23. The molecule has 1 aliphatic rings. The molecule has 0 aliphatic carbocycles. The lowest BCUT2D eigenvalue weighted by molar-refractivity contribution is -0.384. The summed E-state index contributed by atoms with van der Waals surface area (Å²) in [6, 6.07) is 17.7. The van der Waals surface area contributed by atoms with E-state index in [0.29, 0.717) is 43.4 Å². The molecule has 10 heteroatoms. The van der Waals surface area contributed by atoms with Crippen molar-refractivity contribution in [3.8, 4) is 0 Å². The van der Waals surface area contributed by atoms with Crippen molar-refractivity contribution in [3.63, 3.8) is 0 Å². The molecule has 0 unspecified atom stereocenters. The number of amides is 1. The minimum absolute atomic E-state index is 0.0357. The molecule has 3 heterocycles. The van der Waals surface area contributed by atoms with Gasteiger partial charge in [-0.05, 0) is 61.9 Å². The zero-order chi connectivity index (χ0) is 25.4. The first-order chi connectivity index (χ1) is 17.3. The number of aromatic nitrogens is 1. The van der Waals surface area contributed by atoms with Gasteiger partial charge in [0.05, 0.1) is 20.7 Å². The van der Waals surface area contributed by atoms with Crippen LogP contribution in [0.15, 0.2) is 92.2 Å². The zero-order valence-corrected chi connectivity index (χ0v) is 20.1. The third-order valence-corrected chi connectivity index (χ3v) is 6.71. The summed E-state index contributed by atoms with van der Waals surface area (Å²) in [5.41, 5.74) is 1.66. The van der Waals surface area contributed by atoms with Crippen LogP contribution in [0.4, 0.5) is 11.4 Å². The van der Waals surface area contributed by atoms with Gasteiger partial charge in [-0.1, -0.05) is 29.5 Å². The second kappa shape index (κ2) is 9.23. The molecule has 1 amide bonds. The third kappa shape index (κ3) is 4.29. The molecular weight excluding hydrogens is 480 g/mol. The molecule has 0 radical (unpaired) electrons. The Morgan fingerprint density at radius 1 is 1.11 bits per heavy atom. The molecular formula is C26H20N4O5S. The summed E-state index contributed by atoms with van der Waals surface area (Å²) in [6.07, 6.45) is 1.65. The van der Waals surface area contributed by atoms with Gasteiger partial charge < -0.3 is 9.73 Å². The number of carbonyl (C=O) groups is 1. The van der Waals surface area contributed by atoms with Gasteiger partial charge >= 0.3 is 0 Å². The highest BCUT2D eigenvalue weighted by atomic mass is 32.1. The summed E-state index contributed by atoms with van der Waals surface area (Å²) in [4.78, 5) is 42.5. The number of allylic oxidation sites excluding steroid dienone is 1. The van der Waals surface area contributed by atoms with Crippen molar-refractivity contribution >= 4 is 34.7 Å². The first-order valence-corrected chi connectivity index (χ1v) is 11.8. The standard InChI is InChI=1S/C26H20N4O5S/c1-15-8-13-20(35-15)23-22(24(31)28-18-6-4-3-5-7-18)16(2)27-26-29(23)25(32)21(36-26)14-17-9-11-19(12-10-17)30(33)34/h3-14,23H,1-2H3,(H,28,31)/b21-14+/t23-/m1/s1. The minimum Gasteiger partial charge on any atom is -0.464 e. The summed E-state index contributed by atoms with van der Waals surface area (Å²) in [5, 5.41) is 13.8. The maximum atomic E-state index is 13.6. The van der Waals surface area contributed by atoms with E-state index in [1.807, 2.05) is 18.2 Å². The number of para-hydroxylation sites is 1. The molecule has 0 bridgehead atoms. The fourth-order valence-corrected chi connectivity index (χ4v) is 5.09. The average molecular weight is 501 g/mol. The number of rotatable bonds is 5. The van der Waals surface area contributed by atoms with E-state index < -0.39 is 11.0 Å². The van der Waals surface area contributed by atoms with Gasteiger partial charge in [-0.25, -0.2) is 4.99 Å². The summed E-state index contributed by atoms with van der Waals surface area (Å²) >= 11 is 1.18. The van der Waals surface area contributed by atoms with Crippen LogP contribution < -0.4 is 20.2 Å². The van der Waals surface area contributed by atoms with Crippen LogP contribution in [0.3, 0.4) is 0 Å². The van der Waals surface area contributed by atoms with E-state index in [2.05, 4.69) is 10.3 Å². The number of fused-ring (bicyclic) bond motifs is 1. The van der Waals surface area contributed by atoms with Gasteiger partial charge in [-0.3, -0.25) is 24.3 Å². The quantitative estimate of drug-likeness (QED) is 0.331. The Hall–Kier alpha value is -4.57. The number of nitrogens with one attached hydrogen (secondary N) is 1. The summed E-state index contributed by atoms with van der Waals surface area (Å²) in [7, 11) is 0. The number of hydrogen-bond acceptors (Lipinski definition) is 7. The maximum Gasteiger partial charge on any atom is 0.271 e. The first-order valence-electron chi connectivity index (χ1n) is 11.0. The molecule has 0 saturated carbocycles. The van der Waals surface area contributed by atoms with Crippen molar-refractivity contribution in [1.82, 2.24) is 4.57 Å². The SMILES string of the molecule is CC1=C(C(=O)Nc2ccccc2)[C@@H](c2ccc(C)o2)n2c(s/c(=C/c3ccc([N+](=O)[O-])cc3)c2=O)=N1. The van der Waals surface area contributed by atoms with Crippen molar-refractivity contribution in [2.45, 2.75) is 19.9 Å². The van der Waals surface area contributed by atoms with Crippen molar-refractivity contribution in [3.05, 3.63) is 125 Å². The van der Waals surface area contributed by atoms with Crippen molar-refractivity contribution in [1.29, 1.82) is 0 Å². The lowest BCUT2D eigenvalue weighted by Crippen LogP contribution is -2.40. The zero-order valence-electron chi connectivity index (χ0n) is 19.3. The highest BCUT2D eigenvalue weighted by molar-refractivity contribution is 7.07. The second-order valence-electron chi connectivity index (χ2n) is 8.20. The van der Waals surface area contributed by atoms with Gasteiger partial charge in [-0.15, -0.1) is 0 Å². The normalized spacial score (nSPS) is 15.4. The van der Waals surface area contributed by atoms with Gasteiger partial charge in [0.25, 0.3) is 17.2 Å². The van der Waals surface area contributed by atoms with E-state index >= 15 is 0 Å². The van der Waals surface area contributed by atoms with Gasteiger partial charge in [0.2, 0.25) is 0 Å². The summed E-state index contributed by atoms with van der Waals surface area (Å²) < 4.78 is 7.74. The molecule has 4 aromatic rings. The van der Waals surface area contributed by atoms with Crippen molar-refractivity contribution in [2.75, 3.05) is 5.32 Å². The van der Waals surface area contributed by atoms with E-state index in [4.69, 9.17) is 4.42 Å². The molecule has 1 atom stereocenters.